The molecule has 0 aromatic heterocycles. The maximum absolute atomic E-state index is 5.56. The first-order valence-electron chi connectivity index (χ1n) is 3.84. The Kier molecular flexibility index (Phi) is 5.64. The quantitative estimate of drug-likeness (QED) is 0.441. The van der Waals surface area contributed by atoms with Crippen LogP contribution in [0.15, 0.2) is 0 Å². The fourth-order valence-corrected chi connectivity index (χ4v) is 0.909. The fourth-order valence-electron chi connectivity index (χ4n) is 0.567. The first-order valence-corrected chi connectivity index (χ1v) is 5.37. The van der Waals surface area contributed by atoms with E-state index in [1.54, 1.807) is 0 Å². The maximum Gasteiger partial charge on any atom is 0.0600 e. The third-order valence-corrected chi connectivity index (χ3v) is 2.38. The number of hydrogen-bond donors (Lipinski definition) is 0. The third kappa shape index (κ3) is 8.56. The second-order valence-electron chi connectivity index (χ2n) is 3.66. The molecule has 0 aliphatic rings. The van der Waals surface area contributed by atoms with Gasteiger partial charge in [0, 0.05) is 6.54 Å². The van der Waals surface area contributed by atoms with E-state index in [-0.39, 0.29) is 5.60 Å². The van der Waals surface area contributed by atoms with Gasteiger partial charge in [-0.1, -0.05) is 22.6 Å². The van der Waals surface area contributed by atoms with E-state index >= 15 is 0 Å². The Labute approximate surface area is 83.4 Å². The molecule has 0 radical (unpaired) electrons. The number of ether oxygens (including phenoxy) is 1. The highest BCUT2D eigenvalue weighted by Gasteiger charge is 2.09. The average Bonchev–Trinajstić information content (AvgIpc) is 1.85. The minimum atomic E-state index is 0.00606. The van der Waals surface area contributed by atoms with Gasteiger partial charge in [0.25, 0.3) is 0 Å². The number of hydrogen-bond acceptors (Lipinski definition) is 2. The van der Waals surface area contributed by atoms with Gasteiger partial charge >= 0.3 is 0 Å². The molecular formula is C8H18INO. The summed E-state index contributed by atoms with van der Waals surface area (Å²) in [6.07, 6.45) is 0. The molecule has 0 bridgehead atoms. The number of alkyl halides is 1. The van der Waals surface area contributed by atoms with Gasteiger partial charge in [0.2, 0.25) is 0 Å². The van der Waals surface area contributed by atoms with Gasteiger partial charge in [-0.15, -0.1) is 0 Å². The van der Waals surface area contributed by atoms with Crippen LogP contribution in [0.1, 0.15) is 20.8 Å². The molecule has 0 aliphatic carbocycles. The molecule has 0 amide bonds. The molecular weight excluding hydrogens is 253 g/mol. The van der Waals surface area contributed by atoms with Crippen molar-refractivity contribution in [3.05, 3.63) is 0 Å². The van der Waals surface area contributed by atoms with Crippen LogP contribution in [0.25, 0.3) is 0 Å². The molecule has 0 unspecified atom stereocenters. The first kappa shape index (κ1) is 11.6. The van der Waals surface area contributed by atoms with Gasteiger partial charge in [-0.05, 0) is 27.8 Å². The summed E-state index contributed by atoms with van der Waals surface area (Å²) in [5.41, 5.74) is 0.00606. The van der Waals surface area contributed by atoms with E-state index in [9.17, 15) is 0 Å². The molecule has 0 saturated heterocycles. The van der Waals surface area contributed by atoms with Crippen molar-refractivity contribution in [3.63, 3.8) is 0 Å². The van der Waals surface area contributed by atoms with Gasteiger partial charge in [-0.25, -0.2) is 0 Å². The van der Waals surface area contributed by atoms with Gasteiger partial charge in [-0.3, -0.25) is 4.90 Å². The zero-order chi connectivity index (χ0) is 8.91. The number of rotatable bonds is 4. The number of halogens is 1. The maximum atomic E-state index is 5.56. The van der Waals surface area contributed by atoms with Crippen molar-refractivity contribution in [2.75, 3.05) is 24.8 Å². The van der Waals surface area contributed by atoms with Crippen molar-refractivity contribution in [1.29, 1.82) is 0 Å². The second-order valence-corrected chi connectivity index (χ2v) is 4.34. The molecule has 0 atom stereocenters. The number of likely N-dealkylation sites (N-methyl/N-ethyl adjacent to an activating group) is 1. The van der Waals surface area contributed by atoms with Crippen molar-refractivity contribution in [2.45, 2.75) is 26.4 Å². The highest BCUT2D eigenvalue weighted by molar-refractivity contribution is 14.1. The van der Waals surface area contributed by atoms with E-state index < -0.39 is 0 Å². The minimum Gasteiger partial charge on any atom is -0.375 e. The third-order valence-electron chi connectivity index (χ3n) is 1.21. The Morgan fingerprint density at radius 2 is 1.91 bits per heavy atom. The van der Waals surface area contributed by atoms with Crippen molar-refractivity contribution >= 4 is 22.6 Å². The molecule has 0 rings (SSSR count). The molecule has 3 heteroatoms. The highest BCUT2D eigenvalue weighted by Crippen LogP contribution is 2.05. The summed E-state index contributed by atoms with van der Waals surface area (Å²) in [4.78, 5) is 2.23. The van der Waals surface area contributed by atoms with Crippen LogP contribution in [0.3, 0.4) is 0 Å². The molecule has 0 N–H and O–H groups in total. The van der Waals surface area contributed by atoms with Gasteiger partial charge < -0.3 is 4.74 Å². The molecule has 0 fully saturated rings. The average molecular weight is 271 g/mol. The smallest absolute Gasteiger partial charge is 0.0600 e. The van der Waals surface area contributed by atoms with Crippen molar-refractivity contribution in [1.82, 2.24) is 4.90 Å². The van der Waals surface area contributed by atoms with Crippen LogP contribution in [0.5, 0.6) is 0 Å². The van der Waals surface area contributed by atoms with Crippen LogP contribution in [0, 0.1) is 0 Å². The minimum absolute atomic E-state index is 0.00606. The second kappa shape index (κ2) is 5.32. The topological polar surface area (TPSA) is 12.5 Å². The van der Waals surface area contributed by atoms with Crippen LogP contribution >= 0.6 is 22.6 Å². The zero-order valence-corrected chi connectivity index (χ0v) is 10.0. The highest BCUT2D eigenvalue weighted by atomic mass is 127. The lowest BCUT2D eigenvalue weighted by Crippen LogP contribution is -2.27. The van der Waals surface area contributed by atoms with E-state index in [2.05, 4.69) is 55.3 Å². The zero-order valence-electron chi connectivity index (χ0n) is 7.85. The fraction of sp³-hybridized carbons (Fsp3) is 1.00. The largest absolute Gasteiger partial charge is 0.375 e. The molecule has 0 aliphatic heterocycles. The summed E-state index contributed by atoms with van der Waals surface area (Å²) >= 11 is 2.34. The lowest BCUT2D eigenvalue weighted by Gasteiger charge is -2.21. The summed E-state index contributed by atoms with van der Waals surface area (Å²) in [6.45, 7) is 8.08. The van der Waals surface area contributed by atoms with Gasteiger partial charge in [0.1, 0.15) is 0 Å². The molecule has 11 heavy (non-hydrogen) atoms. The molecule has 0 heterocycles. The predicted molar refractivity (Wildman–Crippen MR) is 57.2 cm³/mol. The van der Waals surface area contributed by atoms with Crippen LogP contribution in [0.2, 0.25) is 0 Å². The summed E-state index contributed by atoms with van der Waals surface area (Å²) in [5.74, 6) is 0. The van der Waals surface area contributed by atoms with Crippen molar-refractivity contribution in [3.8, 4) is 0 Å². The van der Waals surface area contributed by atoms with E-state index in [0.29, 0.717) is 0 Å². The standard InChI is InChI=1S/C8H18INO/c1-8(2,3)11-6-5-10(4)7-9/h5-7H2,1-4H3. The Morgan fingerprint density at radius 1 is 1.36 bits per heavy atom. The van der Waals surface area contributed by atoms with Crippen molar-refractivity contribution in [2.24, 2.45) is 0 Å². The summed E-state index contributed by atoms with van der Waals surface area (Å²) in [5, 5.41) is 0. The van der Waals surface area contributed by atoms with Gasteiger partial charge in [-0.2, -0.15) is 0 Å². The molecule has 0 spiro atoms. The van der Waals surface area contributed by atoms with E-state index in [4.69, 9.17) is 4.74 Å². The van der Waals surface area contributed by atoms with Crippen LogP contribution < -0.4 is 0 Å². The first-order chi connectivity index (χ1) is 4.95. The Bertz CT molecular complexity index is 101. The molecule has 0 aromatic carbocycles. The molecule has 0 saturated carbocycles. The Balaban J connectivity index is 3.28. The molecule has 2 nitrogen and oxygen atoms in total. The SMILES string of the molecule is CN(CI)CCOC(C)(C)C. The molecule has 68 valence electrons. The van der Waals surface area contributed by atoms with Gasteiger partial charge in [0.15, 0.2) is 0 Å². The summed E-state index contributed by atoms with van der Waals surface area (Å²) in [7, 11) is 2.10. The monoisotopic (exact) mass is 271 g/mol. The summed E-state index contributed by atoms with van der Waals surface area (Å²) < 4.78 is 6.62. The molecule has 0 aromatic rings. The van der Waals surface area contributed by atoms with Crippen LogP contribution in [-0.4, -0.2) is 35.3 Å². The predicted octanol–water partition coefficient (Wildman–Crippen LogP) is 2.13. The van der Waals surface area contributed by atoms with Gasteiger partial charge in [0.05, 0.1) is 16.8 Å². The lowest BCUT2D eigenvalue weighted by molar-refractivity contribution is -0.00893. The van der Waals surface area contributed by atoms with E-state index in [0.717, 1.165) is 17.7 Å². The van der Waals surface area contributed by atoms with E-state index in [1.807, 2.05) is 0 Å². The number of nitrogens with zero attached hydrogens (tertiary/aromatic N) is 1. The van der Waals surface area contributed by atoms with Crippen LogP contribution in [0.4, 0.5) is 0 Å². The Morgan fingerprint density at radius 3 is 2.27 bits per heavy atom. The summed E-state index contributed by atoms with van der Waals surface area (Å²) in [6, 6.07) is 0. The van der Waals surface area contributed by atoms with Crippen LogP contribution in [-0.2, 0) is 4.74 Å². The van der Waals surface area contributed by atoms with E-state index in [1.165, 1.54) is 0 Å². The van der Waals surface area contributed by atoms with Crippen molar-refractivity contribution < 1.29 is 4.74 Å². The Hall–Kier alpha value is 0.650. The lowest BCUT2D eigenvalue weighted by atomic mass is 10.2. The normalized spacial score (nSPS) is 12.5.